The van der Waals surface area contributed by atoms with Crippen LogP contribution >= 0.6 is 34.8 Å². The number of rotatable bonds is 3. The monoisotopic (exact) mass is 285 g/mol. The molecule has 0 spiro atoms. The lowest BCUT2D eigenvalue weighted by atomic mass is 10.2. The fourth-order valence-corrected chi connectivity index (χ4v) is 1.95. The van der Waals surface area contributed by atoms with Gasteiger partial charge in [-0.15, -0.1) is 0 Å². The molecule has 2 aromatic rings. The Morgan fingerprint density at radius 3 is 2.18 bits per heavy atom. The number of benzene rings is 2. The van der Waals surface area contributed by atoms with Crippen LogP contribution in [0.4, 0.5) is 5.69 Å². The van der Waals surface area contributed by atoms with Crippen LogP contribution in [0.5, 0.6) is 0 Å². The van der Waals surface area contributed by atoms with E-state index in [1.165, 1.54) is 0 Å². The summed E-state index contributed by atoms with van der Waals surface area (Å²) >= 11 is 17.8. The maximum absolute atomic E-state index is 6.07. The van der Waals surface area contributed by atoms with E-state index in [1.807, 2.05) is 30.3 Å². The van der Waals surface area contributed by atoms with Crippen LogP contribution in [0.2, 0.25) is 15.1 Å². The highest BCUT2D eigenvalue weighted by Crippen LogP contribution is 2.22. The van der Waals surface area contributed by atoms with Crippen LogP contribution in [0.25, 0.3) is 0 Å². The van der Waals surface area contributed by atoms with Gasteiger partial charge in [-0.2, -0.15) is 0 Å². The van der Waals surface area contributed by atoms with Crippen LogP contribution in [-0.2, 0) is 6.54 Å². The van der Waals surface area contributed by atoms with Gasteiger partial charge in [-0.3, -0.25) is 0 Å². The highest BCUT2D eigenvalue weighted by atomic mass is 35.5. The zero-order valence-corrected chi connectivity index (χ0v) is 11.2. The van der Waals surface area contributed by atoms with Gasteiger partial charge in [-0.05, 0) is 48.0 Å². The average Bonchev–Trinajstić information content (AvgIpc) is 2.32. The molecule has 4 heteroatoms. The zero-order valence-electron chi connectivity index (χ0n) is 8.88. The molecule has 0 heterocycles. The lowest BCUT2D eigenvalue weighted by molar-refractivity contribution is 1.15. The molecule has 17 heavy (non-hydrogen) atoms. The number of halogens is 3. The third kappa shape index (κ3) is 3.53. The van der Waals surface area contributed by atoms with Crippen LogP contribution in [0, 0.1) is 0 Å². The lowest BCUT2D eigenvalue weighted by Gasteiger charge is -2.08. The summed E-state index contributed by atoms with van der Waals surface area (Å²) in [5.41, 5.74) is 1.96. The highest BCUT2D eigenvalue weighted by molar-refractivity contribution is 6.33. The topological polar surface area (TPSA) is 12.0 Å². The van der Waals surface area contributed by atoms with Gasteiger partial charge in [0.25, 0.3) is 0 Å². The molecule has 0 atom stereocenters. The molecule has 1 N–H and O–H groups in total. The lowest BCUT2D eigenvalue weighted by Crippen LogP contribution is -1.99. The molecule has 0 aromatic heterocycles. The Balaban J connectivity index is 2.07. The molecule has 0 amide bonds. The SMILES string of the molecule is Clc1ccc(NCc2cc(Cl)ccc2Cl)cc1. The van der Waals surface area contributed by atoms with E-state index in [0.717, 1.165) is 16.3 Å². The number of anilines is 1. The maximum Gasteiger partial charge on any atom is 0.0456 e. The second-order valence-corrected chi connectivity index (χ2v) is 4.88. The average molecular weight is 287 g/mol. The van der Waals surface area contributed by atoms with Crippen molar-refractivity contribution in [3.63, 3.8) is 0 Å². The van der Waals surface area contributed by atoms with Gasteiger partial charge >= 0.3 is 0 Å². The van der Waals surface area contributed by atoms with E-state index in [2.05, 4.69) is 5.32 Å². The maximum atomic E-state index is 6.07. The van der Waals surface area contributed by atoms with E-state index in [4.69, 9.17) is 34.8 Å². The Morgan fingerprint density at radius 1 is 0.824 bits per heavy atom. The summed E-state index contributed by atoms with van der Waals surface area (Å²) in [6.45, 7) is 0.626. The van der Waals surface area contributed by atoms with E-state index in [1.54, 1.807) is 12.1 Å². The largest absolute Gasteiger partial charge is 0.381 e. The molecule has 0 saturated heterocycles. The molecule has 88 valence electrons. The van der Waals surface area contributed by atoms with Gasteiger partial charge in [-0.25, -0.2) is 0 Å². The van der Waals surface area contributed by atoms with Crippen molar-refractivity contribution in [3.8, 4) is 0 Å². The first-order chi connectivity index (χ1) is 8.15. The summed E-state index contributed by atoms with van der Waals surface area (Å²) in [6, 6.07) is 12.9. The zero-order chi connectivity index (χ0) is 12.3. The molecule has 0 aliphatic carbocycles. The predicted octanol–water partition coefficient (Wildman–Crippen LogP) is 5.26. The number of hydrogen-bond acceptors (Lipinski definition) is 1. The van der Waals surface area contributed by atoms with Gasteiger partial charge in [0.1, 0.15) is 0 Å². The quantitative estimate of drug-likeness (QED) is 0.811. The Hall–Kier alpha value is -0.890. The van der Waals surface area contributed by atoms with Gasteiger partial charge < -0.3 is 5.32 Å². The van der Waals surface area contributed by atoms with Crippen LogP contribution in [-0.4, -0.2) is 0 Å². The van der Waals surface area contributed by atoms with Gasteiger partial charge in [0.2, 0.25) is 0 Å². The summed E-state index contributed by atoms with van der Waals surface area (Å²) in [6.07, 6.45) is 0. The molecule has 0 aliphatic rings. The van der Waals surface area contributed by atoms with Crippen LogP contribution in [0.15, 0.2) is 42.5 Å². The molecule has 0 radical (unpaired) electrons. The van der Waals surface area contributed by atoms with Crippen molar-refractivity contribution in [2.24, 2.45) is 0 Å². The molecule has 2 rings (SSSR count). The third-order valence-corrected chi connectivity index (χ3v) is 3.19. The fourth-order valence-electron chi connectivity index (χ4n) is 1.44. The molecule has 0 bridgehead atoms. The molecule has 0 unspecified atom stereocenters. The van der Waals surface area contributed by atoms with Crippen molar-refractivity contribution in [2.75, 3.05) is 5.32 Å². The highest BCUT2D eigenvalue weighted by Gasteiger charge is 2.01. The van der Waals surface area contributed by atoms with Crippen molar-refractivity contribution < 1.29 is 0 Å². The smallest absolute Gasteiger partial charge is 0.0456 e. The first-order valence-electron chi connectivity index (χ1n) is 5.08. The second kappa shape index (κ2) is 5.63. The molecule has 2 aromatic carbocycles. The minimum Gasteiger partial charge on any atom is -0.381 e. The summed E-state index contributed by atoms with van der Waals surface area (Å²) in [4.78, 5) is 0. The summed E-state index contributed by atoms with van der Waals surface area (Å²) < 4.78 is 0. The Kier molecular flexibility index (Phi) is 4.16. The van der Waals surface area contributed by atoms with E-state index in [-0.39, 0.29) is 0 Å². The van der Waals surface area contributed by atoms with Gasteiger partial charge in [0.15, 0.2) is 0 Å². The van der Waals surface area contributed by atoms with Crippen LogP contribution in [0.3, 0.4) is 0 Å². The van der Waals surface area contributed by atoms with Crippen LogP contribution in [0.1, 0.15) is 5.56 Å². The molecule has 1 nitrogen and oxygen atoms in total. The minimum atomic E-state index is 0.626. The number of nitrogens with one attached hydrogen (secondary N) is 1. The van der Waals surface area contributed by atoms with Gasteiger partial charge in [0, 0.05) is 27.3 Å². The van der Waals surface area contributed by atoms with Gasteiger partial charge in [0.05, 0.1) is 0 Å². The third-order valence-electron chi connectivity index (χ3n) is 2.33. The fraction of sp³-hybridized carbons (Fsp3) is 0.0769. The molecule has 0 saturated carbocycles. The van der Waals surface area contributed by atoms with Crippen molar-refractivity contribution in [2.45, 2.75) is 6.54 Å². The Labute approximate surface area is 115 Å². The van der Waals surface area contributed by atoms with Gasteiger partial charge in [-0.1, -0.05) is 34.8 Å². The molecular formula is C13H10Cl3N. The van der Waals surface area contributed by atoms with Crippen LogP contribution < -0.4 is 5.32 Å². The van der Waals surface area contributed by atoms with E-state index in [0.29, 0.717) is 16.6 Å². The normalized spacial score (nSPS) is 10.3. The summed E-state index contributed by atoms with van der Waals surface area (Å²) in [7, 11) is 0. The summed E-state index contributed by atoms with van der Waals surface area (Å²) in [5.74, 6) is 0. The predicted molar refractivity (Wildman–Crippen MR) is 75.2 cm³/mol. The van der Waals surface area contributed by atoms with E-state index < -0.39 is 0 Å². The standard InChI is InChI=1S/C13H10Cl3N/c14-10-1-4-12(5-2-10)17-8-9-7-11(15)3-6-13(9)16/h1-7,17H,8H2. The van der Waals surface area contributed by atoms with E-state index in [9.17, 15) is 0 Å². The molecule has 0 aliphatic heterocycles. The van der Waals surface area contributed by atoms with E-state index >= 15 is 0 Å². The van der Waals surface area contributed by atoms with Crippen molar-refractivity contribution in [1.29, 1.82) is 0 Å². The Bertz CT molecular complexity index is 509. The molecular weight excluding hydrogens is 277 g/mol. The summed E-state index contributed by atoms with van der Waals surface area (Å²) in [5, 5.41) is 5.36. The minimum absolute atomic E-state index is 0.626. The first-order valence-corrected chi connectivity index (χ1v) is 6.22. The van der Waals surface area contributed by atoms with Crippen molar-refractivity contribution in [1.82, 2.24) is 0 Å². The van der Waals surface area contributed by atoms with Crippen molar-refractivity contribution in [3.05, 3.63) is 63.1 Å². The first kappa shape index (κ1) is 12.6. The second-order valence-electron chi connectivity index (χ2n) is 3.60. The Morgan fingerprint density at radius 2 is 1.47 bits per heavy atom. The van der Waals surface area contributed by atoms with Crippen molar-refractivity contribution >= 4 is 40.5 Å². The molecule has 0 fully saturated rings. The number of hydrogen-bond donors (Lipinski definition) is 1.